The normalized spacial score (nSPS) is 20.0. The van der Waals surface area contributed by atoms with Crippen molar-refractivity contribution in [1.29, 1.82) is 0 Å². The van der Waals surface area contributed by atoms with Gasteiger partial charge in [0.2, 0.25) is 15.9 Å². The van der Waals surface area contributed by atoms with Gasteiger partial charge in [-0.25, -0.2) is 13.4 Å². The van der Waals surface area contributed by atoms with Crippen LogP contribution in [0, 0.1) is 12.8 Å². The minimum atomic E-state index is -3.85. The number of nitrogens with zero attached hydrogens (tertiary/aromatic N) is 2. The Bertz CT molecular complexity index is 1090. The van der Waals surface area contributed by atoms with Crippen LogP contribution >= 0.6 is 11.3 Å². The minimum absolute atomic E-state index is 0.00452. The zero-order chi connectivity index (χ0) is 22.9. The molecule has 1 aliphatic heterocycles. The van der Waals surface area contributed by atoms with Crippen molar-refractivity contribution in [3.8, 4) is 16.2 Å². The summed E-state index contributed by atoms with van der Waals surface area (Å²) in [4.78, 5) is 17.8. The molecule has 1 amide bonds. The van der Waals surface area contributed by atoms with Crippen LogP contribution in [-0.4, -0.2) is 55.0 Å². The van der Waals surface area contributed by atoms with Crippen molar-refractivity contribution in [2.75, 3.05) is 25.6 Å². The highest BCUT2D eigenvalue weighted by Gasteiger charge is 2.37. The highest BCUT2D eigenvalue weighted by atomic mass is 32.2. The Morgan fingerprint density at radius 3 is 2.72 bits per heavy atom. The van der Waals surface area contributed by atoms with Gasteiger partial charge in [-0.05, 0) is 56.4 Å². The first kappa shape index (κ1) is 23.2. The maximum Gasteiger partial charge on any atom is 0.247 e. The number of hydrogen-bond donors (Lipinski definition) is 2. The van der Waals surface area contributed by atoms with Crippen LogP contribution in [0.4, 0.5) is 5.13 Å². The second kappa shape index (κ2) is 9.46. The number of hydrogen-bond acceptors (Lipinski definition) is 7. The number of amides is 1. The Labute approximate surface area is 192 Å². The molecular formula is C22H29N3O5S2. The number of rotatable bonds is 7. The van der Waals surface area contributed by atoms with E-state index in [2.05, 4.69) is 10.3 Å². The fraction of sp³-hybridized carbons (Fsp3) is 0.545. The van der Waals surface area contributed by atoms with Crippen molar-refractivity contribution in [2.45, 2.75) is 56.4 Å². The van der Waals surface area contributed by atoms with Crippen LogP contribution in [0.1, 0.15) is 44.2 Å². The van der Waals surface area contributed by atoms with E-state index in [9.17, 15) is 18.3 Å². The number of thiazole rings is 1. The Balaban J connectivity index is 1.65. The van der Waals surface area contributed by atoms with Crippen LogP contribution in [-0.2, 0) is 14.8 Å². The lowest BCUT2D eigenvalue weighted by Gasteiger charge is -2.23. The minimum Gasteiger partial charge on any atom is -0.495 e. The molecule has 0 bridgehead atoms. The number of anilines is 1. The van der Waals surface area contributed by atoms with Crippen molar-refractivity contribution in [1.82, 2.24) is 9.29 Å². The summed E-state index contributed by atoms with van der Waals surface area (Å²) >= 11 is 1.34. The third-order valence-corrected chi connectivity index (χ3v) is 9.39. The second-order valence-electron chi connectivity index (χ2n) is 8.36. The monoisotopic (exact) mass is 479 g/mol. The molecule has 1 saturated heterocycles. The maximum atomic E-state index is 13.4. The molecule has 1 aromatic carbocycles. The molecular weight excluding hydrogens is 450 g/mol. The fourth-order valence-corrected chi connectivity index (χ4v) is 7.40. The van der Waals surface area contributed by atoms with Crippen LogP contribution in [0.5, 0.6) is 5.75 Å². The Hall–Kier alpha value is -2.01. The molecule has 174 valence electrons. The number of methoxy groups -OCH3 is 1. The molecule has 1 saturated carbocycles. The van der Waals surface area contributed by atoms with Gasteiger partial charge in [-0.1, -0.05) is 24.2 Å². The molecule has 32 heavy (non-hydrogen) atoms. The molecule has 1 unspecified atom stereocenters. The molecule has 2 heterocycles. The van der Waals surface area contributed by atoms with Crippen LogP contribution in [0.2, 0.25) is 0 Å². The van der Waals surface area contributed by atoms with Gasteiger partial charge in [0.25, 0.3) is 0 Å². The van der Waals surface area contributed by atoms with Gasteiger partial charge in [-0.3, -0.25) is 4.79 Å². The van der Waals surface area contributed by atoms with Crippen molar-refractivity contribution in [2.24, 2.45) is 5.92 Å². The van der Waals surface area contributed by atoms with Crippen LogP contribution < -0.4 is 10.1 Å². The molecule has 1 aromatic heterocycles. The zero-order valence-corrected chi connectivity index (χ0v) is 20.0. The number of aliphatic hydroxyl groups excluding tert-OH is 1. The lowest BCUT2D eigenvalue weighted by atomic mass is 10.1. The zero-order valence-electron chi connectivity index (χ0n) is 18.3. The molecule has 0 spiro atoms. The van der Waals surface area contributed by atoms with Crippen molar-refractivity contribution in [3.63, 3.8) is 0 Å². The molecule has 2 aromatic rings. The van der Waals surface area contributed by atoms with Gasteiger partial charge in [0, 0.05) is 18.5 Å². The molecule has 1 aliphatic carbocycles. The van der Waals surface area contributed by atoms with Crippen molar-refractivity contribution >= 4 is 32.4 Å². The van der Waals surface area contributed by atoms with Crippen LogP contribution in [0.3, 0.4) is 0 Å². The number of sulfonamides is 1. The highest BCUT2D eigenvalue weighted by molar-refractivity contribution is 7.89. The molecule has 10 heteroatoms. The third-order valence-electron chi connectivity index (χ3n) is 6.30. The number of aliphatic hydroxyl groups is 1. The predicted octanol–water partition coefficient (Wildman–Crippen LogP) is 3.40. The first-order valence-electron chi connectivity index (χ1n) is 10.9. The Kier molecular flexibility index (Phi) is 6.85. The first-order valence-corrected chi connectivity index (χ1v) is 13.2. The van der Waals surface area contributed by atoms with Crippen molar-refractivity contribution < 1.29 is 23.1 Å². The number of ether oxygens (including phenoxy) is 1. The van der Waals surface area contributed by atoms with Crippen LogP contribution in [0.15, 0.2) is 23.1 Å². The average molecular weight is 480 g/mol. The topological polar surface area (TPSA) is 109 Å². The standard InChI is InChI=1S/C22H29N3O5S2/c1-14-20(31-22(23-14)24-21(27)15-6-3-4-7-15)16-9-10-18(30-2)19(12-16)32(28,29)25-11-5-8-17(25)13-26/h9-10,12,15,17,26H,3-8,11,13H2,1-2H3,(H,23,24,27). The Morgan fingerprint density at radius 1 is 1.28 bits per heavy atom. The number of aromatic nitrogens is 1. The molecule has 0 radical (unpaired) electrons. The molecule has 8 nitrogen and oxygen atoms in total. The highest BCUT2D eigenvalue weighted by Crippen LogP contribution is 2.39. The van der Waals surface area contributed by atoms with Gasteiger partial charge in [0.1, 0.15) is 10.6 Å². The van der Waals surface area contributed by atoms with Gasteiger partial charge in [-0.2, -0.15) is 4.31 Å². The van der Waals surface area contributed by atoms with Gasteiger partial charge in [0.15, 0.2) is 5.13 Å². The third kappa shape index (κ3) is 4.41. The Morgan fingerprint density at radius 2 is 2.03 bits per heavy atom. The van der Waals surface area contributed by atoms with E-state index in [1.54, 1.807) is 18.2 Å². The van der Waals surface area contributed by atoms with Gasteiger partial charge < -0.3 is 15.2 Å². The summed E-state index contributed by atoms with van der Waals surface area (Å²) < 4.78 is 33.6. The van der Waals surface area contributed by atoms with Crippen LogP contribution in [0.25, 0.3) is 10.4 Å². The summed E-state index contributed by atoms with van der Waals surface area (Å²) in [5, 5.41) is 13.1. The van der Waals surface area contributed by atoms with E-state index in [1.165, 1.54) is 22.8 Å². The van der Waals surface area contributed by atoms with Crippen molar-refractivity contribution in [3.05, 3.63) is 23.9 Å². The quantitative estimate of drug-likeness (QED) is 0.630. The van der Waals surface area contributed by atoms with Gasteiger partial charge >= 0.3 is 0 Å². The van der Waals surface area contributed by atoms with Gasteiger partial charge in [0.05, 0.1) is 24.3 Å². The first-order chi connectivity index (χ1) is 15.3. The molecule has 2 N–H and O–H groups in total. The number of carbonyl (C=O) groups is 1. The molecule has 2 aliphatic rings. The average Bonchev–Trinajstić information content (AvgIpc) is 3.54. The van der Waals surface area contributed by atoms with E-state index in [0.29, 0.717) is 30.1 Å². The summed E-state index contributed by atoms with van der Waals surface area (Å²) in [5.41, 5.74) is 1.42. The second-order valence-corrected chi connectivity index (χ2v) is 11.2. The van der Waals surface area contributed by atoms with E-state index in [-0.39, 0.29) is 29.1 Å². The van der Waals surface area contributed by atoms with Gasteiger partial charge in [-0.15, -0.1) is 0 Å². The SMILES string of the molecule is COc1ccc(-c2sc(NC(=O)C3CCCC3)nc2C)cc1S(=O)(=O)N1CCCC1CO. The molecule has 2 fully saturated rings. The smallest absolute Gasteiger partial charge is 0.247 e. The number of nitrogens with one attached hydrogen (secondary N) is 1. The largest absolute Gasteiger partial charge is 0.495 e. The lowest BCUT2D eigenvalue weighted by molar-refractivity contribution is -0.119. The van der Waals surface area contributed by atoms with E-state index < -0.39 is 16.1 Å². The van der Waals surface area contributed by atoms with E-state index in [0.717, 1.165) is 36.3 Å². The summed E-state index contributed by atoms with van der Waals surface area (Å²) in [6, 6.07) is 4.62. The molecule has 4 rings (SSSR count). The van der Waals surface area contributed by atoms with E-state index in [4.69, 9.17) is 4.74 Å². The number of aryl methyl sites for hydroxylation is 1. The number of carbonyl (C=O) groups excluding carboxylic acids is 1. The lowest BCUT2D eigenvalue weighted by Crippen LogP contribution is -2.37. The summed E-state index contributed by atoms with van der Waals surface area (Å²) in [6.07, 6.45) is 5.33. The maximum absolute atomic E-state index is 13.4. The van der Waals surface area contributed by atoms with E-state index in [1.807, 2.05) is 6.92 Å². The number of benzene rings is 1. The molecule has 1 atom stereocenters. The summed E-state index contributed by atoms with van der Waals surface area (Å²) in [6.45, 7) is 2.01. The van der Waals surface area contributed by atoms with E-state index >= 15 is 0 Å². The summed E-state index contributed by atoms with van der Waals surface area (Å²) in [5.74, 6) is 0.305. The summed E-state index contributed by atoms with van der Waals surface area (Å²) in [7, 11) is -2.41. The fourth-order valence-electron chi connectivity index (χ4n) is 4.57. The predicted molar refractivity (Wildman–Crippen MR) is 123 cm³/mol.